The molecule has 0 bridgehead atoms. The second-order valence-corrected chi connectivity index (χ2v) is 4.61. The number of hydrogen-bond donors (Lipinski definition) is 1. The van der Waals surface area contributed by atoms with Crippen LogP contribution in [0.15, 0.2) is 65.5 Å². The molecule has 1 N–H and O–H groups in total. The molecule has 0 unspecified atom stereocenters. The van der Waals surface area contributed by atoms with E-state index in [-0.39, 0.29) is 5.56 Å². The van der Waals surface area contributed by atoms with Gasteiger partial charge in [-0.2, -0.15) is 0 Å². The summed E-state index contributed by atoms with van der Waals surface area (Å²) in [5.41, 5.74) is 3.05. The van der Waals surface area contributed by atoms with Gasteiger partial charge in [0.25, 0.3) is 5.56 Å². The van der Waals surface area contributed by atoms with Gasteiger partial charge in [0.05, 0.1) is 11.3 Å². The first-order chi connectivity index (χ1) is 9.75. The Hall–Kier alpha value is -2.68. The number of aryl methyl sites for hydroxylation is 1. The number of nitrogens with one attached hydrogen (secondary N) is 1. The second-order valence-electron chi connectivity index (χ2n) is 4.61. The zero-order valence-corrected chi connectivity index (χ0v) is 11.1. The Morgan fingerprint density at radius 2 is 1.40 bits per heavy atom. The van der Waals surface area contributed by atoms with Crippen LogP contribution in [0.25, 0.3) is 22.4 Å². The van der Waals surface area contributed by atoms with Crippen LogP contribution < -0.4 is 5.56 Å². The number of hydrogen-bond acceptors (Lipinski definition) is 2. The van der Waals surface area contributed by atoms with Crippen LogP contribution in [0.5, 0.6) is 0 Å². The van der Waals surface area contributed by atoms with E-state index in [0.717, 1.165) is 16.8 Å². The highest BCUT2D eigenvalue weighted by molar-refractivity contribution is 5.79. The van der Waals surface area contributed by atoms with Crippen LogP contribution in [-0.4, -0.2) is 9.97 Å². The Morgan fingerprint density at radius 1 is 0.850 bits per heavy atom. The van der Waals surface area contributed by atoms with Gasteiger partial charge < -0.3 is 4.98 Å². The molecule has 0 amide bonds. The van der Waals surface area contributed by atoms with E-state index >= 15 is 0 Å². The van der Waals surface area contributed by atoms with Crippen molar-refractivity contribution in [1.82, 2.24) is 9.97 Å². The lowest BCUT2D eigenvalue weighted by Gasteiger charge is -2.09. The minimum atomic E-state index is -0.109. The molecule has 20 heavy (non-hydrogen) atoms. The van der Waals surface area contributed by atoms with Gasteiger partial charge in [-0.25, -0.2) is 4.98 Å². The first-order valence-corrected chi connectivity index (χ1v) is 6.47. The van der Waals surface area contributed by atoms with E-state index in [2.05, 4.69) is 9.97 Å². The van der Waals surface area contributed by atoms with Crippen molar-refractivity contribution in [3.05, 3.63) is 76.8 Å². The summed E-state index contributed by atoms with van der Waals surface area (Å²) in [6.45, 7) is 1.79. The summed E-state index contributed by atoms with van der Waals surface area (Å²) in [7, 11) is 0. The van der Waals surface area contributed by atoms with E-state index in [9.17, 15) is 4.79 Å². The lowest BCUT2D eigenvalue weighted by Crippen LogP contribution is -2.14. The molecule has 3 aromatic rings. The van der Waals surface area contributed by atoms with Crippen molar-refractivity contribution in [1.29, 1.82) is 0 Å². The van der Waals surface area contributed by atoms with Crippen molar-refractivity contribution in [2.24, 2.45) is 0 Å². The molecule has 98 valence electrons. The van der Waals surface area contributed by atoms with E-state index in [1.54, 1.807) is 6.92 Å². The van der Waals surface area contributed by atoms with Gasteiger partial charge in [-0.05, 0) is 12.5 Å². The Bertz CT molecular complexity index is 777. The summed E-state index contributed by atoms with van der Waals surface area (Å²) in [6.07, 6.45) is 0. The number of H-pyrrole nitrogens is 1. The predicted molar refractivity (Wildman–Crippen MR) is 80.5 cm³/mol. The third kappa shape index (κ3) is 2.26. The first kappa shape index (κ1) is 12.4. The average molecular weight is 262 g/mol. The Morgan fingerprint density at radius 3 is 2.00 bits per heavy atom. The van der Waals surface area contributed by atoms with Gasteiger partial charge in [-0.15, -0.1) is 0 Å². The molecule has 3 rings (SSSR count). The third-order valence-electron chi connectivity index (χ3n) is 3.15. The molecule has 0 aliphatic heterocycles. The molecular formula is C17H14N2O. The third-order valence-corrected chi connectivity index (χ3v) is 3.15. The van der Waals surface area contributed by atoms with Crippen LogP contribution in [0, 0.1) is 6.92 Å². The van der Waals surface area contributed by atoms with E-state index in [4.69, 9.17) is 0 Å². The lowest BCUT2D eigenvalue weighted by molar-refractivity contribution is 1.03. The molecule has 0 fully saturated rings. The van der Waals surface area contributed by atoms with Crippen molar-refractivity contribution < 1.29 is 0 Å². The maximum absolute atomic E-state index is 12.3. The SMILES string of the molecule is Cc1nc(-c2ccccc2)c(-c2ccccc2)c(=O)[nH]1. The number of benzene rings is 2. The standard InChI is InChI=1S/C17H14N2O/c1-12-18-16(14-10-6-3-7-11-14)15(17(20)19-12)13-8-4-2-5-9-13/h2-11H,1H3,(H,18,19,20). The molecule has 0 spiro atoms. The Kier molecular flexibility index (Phi) is 3.17. The van der Waals surface area contributed by atoms with Gasteiger partial charge in [0.1, 0.15) is 5.82 Å². The molecule has 1 heterocycles. The molecule has 0 atom stereocenters. The fraction of sp³-hybridized carbons (Fsp3) is 0.0588. The van der Waals surface area contributed by atoms with E-state index in [1.165, 1.54) is 0 Å². The highest BCUT2D eigenvalue weighted by Gasteiger charge is 2.13. The fourth-order valence-electron chi connectivity index (χ4n) is 2.26. The van der Waals surface area contributed by atoms with Crippen LogP contribution >= 0.6 is 0 Å². The molecule has 0 aliphatic rings. The molecular weight excluding hydrogens is 248 g/mol. The topological polar surface area (TPSA) is 45.8 Å². The Balaban J connectivity index is 2.32. The van der Waals surface area contributed by atoms with Crippen LogP contribution in [-0.2, 0) is 0 Å². The molecule has 3 nitrogen and oxygen atoms in total. The number of nitrogens with zero attached hydrogens (tertiary/aromatic N) is 1. The molecule has 3 heteroatoms. The van der Waals surface area contributed by atoms with Gasteiger partial charge in [-0.1, -0.05) is 60.7 Å². The van der Waals surface area contributed by atoms with Gasteiger partial charge in [0, 0.05) is 5.56 Å². The molecule has 2 aromatic carbocycles. The summed E-state index contributed by atoms with van der Waals surface area (Å²) < 4.78 is 0. The molecule has 0 saturated heterocycles. The van der Waals surface area contributed by atoms with Gasteiger partial charge in [0.15, 0.2) is 0 Å². The first-order valence-electron chi connectivity index (χ1n) is 6.47. The predicted octanol–water partition coefficient (Wildman–Crippen LogP) is 3.41. The number of aromatic nitrogens is 2. The van der Waals surface area contributed by atoms with Crippen molar-refractivity contribution in [3.63, 3.8) is 0 Å². The van der Waals surface area contributed by atoms with Crippen LogP contribution in [0.3, 0.4) is 0 Å². The van der Waals surface area contributed by atoms with Gasteiger partial charge >= 0.3 is 0 Å². The Labute approximate surface area is 117 Å². The summed E-state index contributed by atoms with van der Waals surface area (Å²) in [6, 6.07) is 19.4. The summed E-state index contributed by atoms with van der Waals surface area (Å²) in [4.78, 5) is 19.6. The summed E-state index contributed by atoms with van der Waals surface area (Å²) >= 11 is 0. The summed E-state index contributed by atoms with van der Waals surface area (Å²) in [5.74, 6) is 0.619. The van der Waals surface area contributed by atoms with Crippen molar-refractivity contribution in [2.45, 2.75) is 6.92 Å². The van der Waals surface area contributed by atoms with Gasteiger partial charge in [0.2, 0.25) is 0 Å². The monoisotopic (exact) mass is 262 g/mol. The van der Waals surface area contributed by atoms with E-state index in [0.29, 0.717) is 11.4 Å². The minimum absolute atomic E-state index is 0.109. The average Bonchev–Trinajstić information content (AvgIpc) is 2.48. The maximum atomic E-state index is 12.3. The van der Waals surface area contributed by atoms with Gasteiger partial charge in [-0.3, -0.25) is 4.79 Å². The largest absolute Gasteiger partial charge is 0.310 e. The summed E-state index contributed by atoms with van der Waals surface area (Å²) in [5, 5.41) is 0. The quantitative estimate of drug-likeness (QED) is 0.769. The molecule has 0 aliphatic carbocycles. The van der Waals surface area contributed by atoms with Crippen molar-refractivity contribution >= 4 is 0 Å². The van der Waals surface area contributed by atoms with Crippen LogP contribution in [0.1, 0.15) is 5.82 Å². The smallest absolute Gasteiger partial charge is 0.259 e. The minimum Gasteiger partial charge on any atom is -0.310 e. The molecule has 0 radical (unpaired) electrons. The zero-order valence-electron chi connectivity index (χ0n) is 11.1. The zero-order chi connectivity index (χ0) is 13.9. The van der Waals surface area contributed by atoms with Crippen molar-refractivity contribution in [3.8, 4) is 22.4 Å². The van der Waals surface area contributed by atoms with E-state index < -0.39 is 0 Å². The normalized spacial score (nSPS) is 10.4. The molecule has 0 saturated carbocycles. The van der Waals surface area contributed by atoms with E-state index in [1.807, 2.05) is 60.7 Å². The van der Waals surface area contributed by atoms with Crippen LogP contribution in [0.4, 0.5) is 0 Å². The number of rotatable bonds is 2. The lowest BCUT2D eigenvalue weighted by atomic mass is 10.0. The highest BCUT2D eigenvalue weighted by atomic mass is 16.1. The number of aromatic amines is 1. The fourth-order valence-corrected chi connectivity index (χ4v) is 2.26. The highest BCUT2D eigenvalue weighted by Crippen LogP contribution is 2.26. The maximum Gasteiger partial charge on any atom is 0.259 e. The van der Waals surface area contributed by atoms with Crippen molar-refractivity contribution in [2.75, 3.05) is 0 Å². The second kappa shape index (κ2) is 5.13. The molecule has 1 aromatic heterocycles. The van der Waals surface area contributed by atoms with Crippen LogP contribution in [0.2, 0.25) is 0 Å².